The fourth-order valence-electron chi connectivity index (χ4n) is 2.06. The van der Waals surface area contributed by atoms with Crippen LogP contribution in [0.3, 0.4) is 0 Å². The molecule has 0 saturated carbocycles. The predicted molar refractivity (Wildman–Crippen MR) is 77.6 cm³/mol. The van der Waals surface area contributed by atoms with Gasteiger partial charge < -0.3 is 9.84 Å². The highest BCUT2D eigenvalue weighted by Gasteiger charge is 2.32. The molecule has 0 aliphatic carbocycles. The van der Waals surface area contributed by atoms with Crippen molar-refractivity contribution < 1.29 is 18.6 Å². The van der Waals surface area contributed by atoms with Gasteiger partial charge >= 0.3 is 5.92 Å². The van der Waals surface area contributed by atoms with E-state index in [2.05, 4.69) is 0 Å². The number of hydrogen-bond acceptors (Lipinski definition) is 2. The summed E-state index contributed by atoms with van der Waals surface area (Å²) in [6, 6.07) is 12.7. The Hall–Kier alpha value is -1.94. The van der Waals surface area contributed by atoms with E-state index in [9.17, 15) is 13.9 Å². The lowest BCUT2D eigenvalue weighted by molar-refractivity contribution is -0.0473. The minimum atomic E-state index is -3.08. The number of ether oxygens (including phenoxy) is 1. The van der Waals surface area contributed by atoms with Crippen LogP contribution in [0, 0.1) is 6.92 Å². The zero-order chi connectivity index (χ0) is 15.5. The van der Waals surface area contributed by atoms with Crippen LogP contribution in [0.15, 0.2) is 48.5 Å². The number of alkyl halides is 2. The number of aliphatic hydroxyl groups is 1. The Labute approximate surface area is 123 Å². The Morgan fingerprint density at radius 2 is 1.81 bits per heavy atom. The number of rotatable bonds is 5. The monoisotopic (exact) mass is 292 g/mol. The zero-order valence-corrected chi connectivity index (χ0v) is 12.0. The van der Waals surface area contributed by atoms with Crippen molar-refractivity contribution in [3.05, 3.63) is 65.2 Å². The Bertz CT molecular complexity index is 595. The molecule has 0 unspecified atom stereocenters. The smallest absolute Gasteiger partial charge is 0.306 e. The van der Waals surface area contributed by atoms with Crippen LogP contribution in [0.2, 0.25) is 0 Å². The summed E-state index contributed by atoms with van der Waals surface area (Å²) >= 11 is 0. The first-order valence-corrected chi connectivity index (χ1v) is 6.75. The first-order chi connectivity index (χ1) is 9.90. The molecule has 1 atom stereocenters. The van der Waals surface area contributed by atoms with Gasteiger partial charge in [-0.05, 0) is 26.0 Å². The predicted octanol–water partition coefficient (Wildman–Crippen LogP) is 4.22. The maximum atomic E-state index is 14.1. The van der Waals surface area contributed by atoms with Gasteiger partial charge in [0.05, 0.1) is 6.10 Å². The summed E-state index contributed by atoms with van der Waals surface area (Å²) in [4.78, 5) is 0. The zero-order valence-electron chi connectivity index (χ0n) is 12.0. The van der Waals surface area contributed by atoms with Gasteiger partial charge in [0.1, 0.15) is 5.75 Å². The van der Waals surface area contributed by atoms with Gasteiger partial charge in [0.25, 0.3) is 0 Å². The van der Waals surface area contributed by atoms with Crippen molar-refractivity contribution in [2.75, 3.05) is 6.61 Å². The van der Waals surface area contributed by atoms with Crippen LogP contribution in [0.25, 0.3) is 0 Å². The molecule has 0 saturated heterocycles. The van der Waals surface area contributed by atoms with Gasteiger partial charge in [-0.3, -0.25) is 0 Å². The summed E-state index contributed by atoms with van der Waals surface area (Å²) in [7, 11) is 0. The number of aliphatic hydroxyl groups excluding tert-OH is 1. The van der Waals surface area contributed by atoms with Gasteiger partial charge in [-0.2, -0.15) is 8.78 Å². The van der Waals surface area contributed by atoms with Crippen molar-refractivity contribution in [2.45, 2.75) is 25.9 Å². The lowest BCUT2D eigenvalue weighted by Gasteiger charge is -2.20. The summed E-state index contributed by atoms with van der Waals surface area (Å²) < 4.78 is 33.4. The molecule has 0 amide bonds. The van der Waals surface area contributed by atoms with Gasteiger partial charge in [-0.15, -0.1) is 0 Å². The Kier molecular flexibility index (Phi) is 4.58. The molecule has 2 nitrogen and oxygen atoms in total. The molecular weight excluding hydrogens is 274 g/mol. The van der Waals surface area contributed by atoms with Gasteiger partial charge in [-0.25, -0.2) is 0 Å². The molecule has 2 rings (SSSR count). The van der Waals surface area contributed by atoms with Crippen LogP contribution in [0.4, 0.5) is 8.78 Å². The van der Waals surface area contributed by atoms with E-state index >= 15 is 0 Å². The molecule has 0 aliphatic heterocycles. The fourth-order valence-corrected chi connectivity index (χ4v) is 2.06. The molecule has 0 heterocycles. The molecular formula is C17H18F2O2. The second-order valence-electron chi connectivity index (χ2n) is 5.08. The largest absolute Gasteiger partial charge is 0.487 e. The molecule has 1 N–H and O–H groups in total. The molecule has 0 aromatic heterocycles. The topological polar surface area (TPSA) is 29.5 Å². The van der Waals surface area contributed by atoms with Crippen molar-refractivity contribution in [3.8, 4) is 5.75 Å². The second kappa shape index (κ2) is 6.22. The van der Waals surface area contributed by atoms with Crippen LogP contribution >= 0.6 is 0 Å². The van der Waals surface area contributed by atoms with Crippen LogP contribution in [0.1, 0.15) is 29.7 Å². The van der Waals surface area contributed by atoms with Crippen LogP contribution in [-0.4, -0.2) is 11.7 Å². The van der Waals surface area contributed by atoms with Crippen molar-refractivity contribution >= 4 is 0 Å². The van der Waals surface area contributed by atoms with Crippen LogP contribution < -0.4 is 4.74 Å². The molecule has 0 fully saturated rings. The van der Waals surface area contributed by atoms with Gasteiger partial charge in [0.2, 0.25) is 0 Å². The third kappa shape index (κ3) is 3.79. The summed E-state index contributed by atoms with van der Waals surface area (Å²) in [5.74, 6) is -2.80. The highest BCUT2D eigenvalue weighted by atomic mass is 19.3. The summed E-state index contributed by atoms with van der Waals surface area (Å²) in [6.45, 7) is 2.69. The Morgan fingerprint density at radius 1 is 1.14 bits per heavy atom. The average molecular weight is 292 g/mol. The van der Waals surface area contributed by atoms with Crippen LogP contribution in [0.5, 0.6) is 5.75 Å². The molecule has 2 aromatic carbocycles. The first kappa shape index (κ1) is 15.4. The van der Waals surface area contributed by atoms with Gasteiger partial charge in [0.15, 0.2) is 6.61 Å². The minimum Gasteiger partial charge on any atom is -0.487 e. The highest BCUT2D eigenvalue weighted by Crippen LogP contribution is 2.31. The second-order valence-corrected chi connectivity index (χ2v) is 5.08. The molecule has 0 aliphatic rings. The number of aryl methyl sites for hydroxylation is 1. The Balaban J connectivity index is 2.16. The fraction of sp³-hybridized carbons (Fsp3) is 0.294. The quantitative estimate of drug-likeness (QED) is 0.894. The Morgan fingerprint density at radius 3 is 2.43 bits per heavy atom. The van der Waals surface area contributed by atoms with E-state index in [-0.39, 0.29) is 11.3 Å². The molecule has 112 valence electrons. The number of benzene rings is 2. The first-order valence-electron chi connectivity index (χ1n) is 6.75. The maximum Gasteiger partial charge on any atom is 0.306 e. The third-order valence-electron chi connectivity index (χ3n) is 3.22. The number of hydrogen-bond donors (Lipinski definition) is 1. The van der Waals surface area contributed by atoms with Crippen molar-refractivity contribution in [2.24, 2.45) is 0 Å². The average Bonchev–Trinajstić information content (AvgIpc) is 2.47. The summed E-state index contributed by atoms with van der Waals surface area (Å²) in [6.07, 6.45) is -0.773. The lowest BCUT2D eigenvalue weighted by atomic mass is 10.1. The van der Waals surface area contributed by atoms with E-state index in [1.54, 1.807) is 43.3 Å². The van der Waals surface area contributed by atoms with Crippen molar-refractivity contribution in [1.29, 1.82) is 0 Å². The van der Waals surface area contributed by atoms with Gasteiger partial charge in [-0.1, -0.05) is 42.0 Å². The van der Waals surface area contributed by atoms with E-state index in [0.717, 1.165) is 5.56 Å². The molecule has 0 spiro atoms. The van der Waals surface area contributed by atoms with E-state index in [0.29, 0.717) is 5.56 Å². The highest BCUT2D eigenvalue weighted by molar-refractivity contribution is 5.38. The van der Waals surface area contributed by atoms with E-state index in [1.807, 2.05) is 6.92 Å². The maximum absolute atomic E-state index is 14.1. The van der Waals surface area contributed by atoms with E-state index < -0.39 is 18.6 Å². The summed E-state index contributed by atoms with van der Waals surface area (Å²) in [5, 5.41) is 9.71. The van der Waals surface area contributed by atoms with Crippen molar-refractivity contribution in [1.82, 2.24) is 0 Å². The SMILES string of the molecule is Cc1ccc(OCC(F)(F)c2ccccc2)c([C@@H](C)O)c1. The van der Waals surface area contributed by atoms with Crippen molar-refractivity contribution in [3.63, 3.8) is 0 Å². The summed E-state index contributed by atoms with van der Waals surface area (Å²) in [5.41, 5.74) is 1.36. The standard InChI is InChI=1S/C17H18F2O2/c1-12-8-9-16(15(10-12)13(2)20)21-11-17(18,19)14-6-4-3-5-7-14/h3-10,13,20H,11H2,1-2H3/t13-/m1/s1. The lowest BCUT2D eigenvalue weighted by Crippen LogP contribution is -2.23. The molecule has 0 radical (unpaired) electrons. The van der Waals surface area contributed by atoms with E-state index in [1.165, 1.54) is 12.1 Å². The van der Waals surface area contributed by atoms with E-state index in [4.69, 9.17) is 4.74 Å². The minimum absolute atomic E-state index is 0.0873. The normalized spacial score (nSPS) is 13.0. The van der Waals surface area contributed by atoms with Gasteiger partial charge in [0, 0.05) is 11.1 Å². The third-order valence-corrected chi connectivity index (χ3v) is 3.22. The molecule has 0 bridgehead atoms. The van der Waals surface area contributed by atoms with Crippen LogP contribution in [-0.2, 0) is 5.92 Å². The molecule has 2 aromatic rings. The molecule has 4 heteroatoms. The number of halogens is 2. The molecule has 21 heavy (non-hydrogen) atoms.